The first-order valence-corrected chi connectivity index (χ1v) is 13.4. The molecule has 3 atom stereocenters. The number of urea groups is 1. The molecule has 1 saturated heterocycles. The molecule has 1 saturated carbocycles. The number of nitrogens with zero attached hydrogens (tertiary/aromatic N) is 1. The summed E-state index contributed by atoms with van der Waals surface area (Å²) in [7, 11) is 3.77. The number of unbranched alkanes of at least 4 members (excludes halogenated alkanes) is 1. The molecule has 1 aliphatic heterocycles. The lowest BCUT2D eigenvalue weighted by molar-refractivity contribution is 0.147. The normalized spacial score (nSPS) is 21.5. The smallest absolute Gasteiger partial charge is 0.317 e. The largest absolute Gasteiger partial charge is 0.385 e. The number of piperidine rings is 1. The molecule has 0 radical (unpaired) electrons. The average molecular weight is 458 g/mol. The fourth-order valence-corrected chi connectivity index (χ4v) is 6.04. The van der Waals surface area contributed by atoms with Gasteiger partial charge in [0.05, 0.1) is 0 Å². The van der Waals surface area contributed by atoms with E-state index in [0.29, 0.717) is 11.8 Å². The van der Waals surface area contributed by atoms with Crippen molar-refractivity contribution >= 4 is 6.03 Å². The van der Waals surface area contributed by atoms with Crippen molar-refractivity contribution in [3.05, 3.63) is 35.9 Å². The van der Waals surface area contributed by atoms with Gasteiger partial charge in [0.15, 0.2) is 0 Å². The predicted octanol–water partition coefficient (Wildman–Crippen LogP) is 5.57. The molecule has 2 amide bonds. The van der Waals surface area contributed by atoms with E-state index >= 15 is 0 Å². The van der Waals surface area contributed by atoms with E-state index in [0.717, 1.165) is 57.8 Å². The maximum atomic E-state index is 13.3. The number of ether oxygens (including phenoxy) is 1. The Kier molecular flexibility index (Phi) is 11.5. The molecule has 1 aromatic carbocycles. The molecule has 0 spiro atoms. The van der Waals surface area contributed by atoms with Crippen molar-refractivity contribution in [2.75, 3.05) is 40.4 Å². The number of likely N-dealkylation sites (N-methyl/N-ethyl adjacent to an activating group) is 1. The minimum atomic E-state index is 0.141. The first kappa shape index (κ1) is 26.0. The Bertz CT molecular complexity index is 662. The van der Waals surface area contributed by atoms with Crippen LogP contribution in [0.25, 0.3) is 0 Å². The van der Waals surface area contributed by atoms with Gasteiger partial charge in [0.1, 0.15) is 0 Å². The summed E-state index contributed by atoms with van der Waals surface area (Å²) in [6.45, 7) is 3.43. The molecule has 5 nitrogen and oxygen atoms in total. The number of benzene rings is 1. The summed E-state index contributed by atoms with van der Waals surface area (Å²) in [4.78, 5) is 15.4. The second-order valence-corrected chi connectivity index (χ2v) is 10.3. The van der Waals surface area contributed by atoms with Gasteiger partial charge < -0.3 is 20.3 Å². The SMILES string of the molecule is CNC[C@H](CC1CCCCC1)NC(=O)N1CCC[C@@H]([C@@H](CCCCOC)c2ccccc2)C1. The molecule has 3 rings (SSSR count). The van der Waals surface area contributed by atoms with E-state index in [9.17, 15) is 4.79 Å². The highest BCUT2D eigenvalue weighted by Crippen LogP contribution is 2.35. The summed E-state index contributed by atoms with van der Waals surface area (Å²) < 4.78 is 5.27. The van der Waals surface area contributed by atoms with Crippen LogP contribution in [0, 0.1) is 11.8 Å². The van der Waals surface area contributed by atoms with Crippen molar-refractivity contribution < 1.29 is 9.53 Å². The lowest BCUT2D eigenvalue weighted by Crippen LogP contribution is -2.51. The molecule has 0 unspecified atom stereocenters. The Morgan fingerprint density at radius 3 is 2.61 bits per heavy atom. The number of carbonyl (C=O) groups excluding carboxylic acids is 1. The summed E-state index contributed by atoms with van der Waals surface area (Å²) in [5, 5.41) is 6.71. The number of hydrogen-bond donors (Lipinski definition) is 2. The van der Waals surface area contributed by atoms with Crippen molar-refractivity contribution in [3.8, 4) is 0 Å². The van der Waals surface area contributed by atoms with Crippen LogP contribution < -0.4 is 10.6 Å². The van der Waals surface area contributed by atoms with Gasteiger partial charge in [-0.15, -0.1) is 0 Å². The van der Waals surface area contributed by atoms with Crippen LogP contribution in [0.2, 0.25) is 0 Å². The number of hydrogen-bond acceptors (Lipinski definition) is 3. The number of amides is 2. The molecule has 0 bridgehead atoms. The highest BCUT2D eigenvalue weighted by atomic mass is 16.5. The zero-order chi connectivity index (χ0) is 23.3. The third-order valence-electron chi connectivity index (χ3n) is 7.78. The van der Waals surface area contributed by atoms with Gasteiger partial charge in [0.2, 0.25) is 0 Å². The van der Waals surface area contributed by atoms with Crippen LogP contribution in [0.1, 0.15) is 82.1 Å². The highest BCUT2D eigenvalue weighted by Gasteiger charge is 2.31. The first-order valence-electron chi connectivity index (χ1n) is 13.4. The molecular formula is C28H47N3O2. The van der Waals surface area contributed by atoms with Crippen LogP contribution in [-0.2, 0) is 4.74 Å². The van der Waals surface area contributed by atoms with Gasteiger partial charge in [-0.05, 0) is 62.5 Å². The monoisotopic (exact) mass is 457 g/mol. The predicted molar refractivity (Wildman–Crippen MR) is 137 cm³/mol. The van der Waals surface area contributed by atoms with Crippen molar-refractivity contribution in [3.63, 3.8) is 0 Å². The zero-order valence-electron chi connectivity index (χ0n) is 21.1. The molecule has 5 heteroatoms. The molecule has 1 aliphatic carbocycles. The molecule has 1 heterocycles. The van der Waals surface area contributed by atoms with Crippen LogP contribution in [0.5, 0.6) is 0 Å². The van der Waals surface area contributed by atoms with E-state index in [2.05, 4.69) is 45.9 Å². The fourth-order valence-electron chi connectivity index (χ4n) is 6.04. The number of carbonyl (C=O) groups is 1. The van der Waals surface area contributed by atoms with Crippen molar-refractivity contribution in [1.29, 1.82) is 0 Å². The molecule has 33 heavy (non-hydrogen) atoms. The van der Waals surface area contributed by atoms with Crippen molar-refractivity contribution in [2.24, 2.45) is 11.8 Å². The number of rotatable bonds is 12. The van der Waals surface area contributed by atoms with Gasteiger partial charge in [-0.3, -0.25) is 0 Å². The van der Waals surface area contributed by atoms with Gasteiger partial charge in [0.25, 0.3) is 0 Å². The maximum absolute atomic E-state index is 13.3. The van der Waals surface area contributed by atoms with E-state index in [1.165, 1.54) is 50.5 Å². The Morgan fingerprint density at radius 1 is 1.09 bits per heavy atom. The van der Waals surface area contributed by atoms with Gasteiger partial charge in [-0.25, -0.2) is 4.79 Å². The lowest BCUT2D eigenvalue weighted by atomic mass is 9.78. The third-order valence-corrected chi connectivity index (χ3v) is 7.78. The van der Waals surface area contributed by atoms with E-state index in [1.807, 2.05) is 7.05 Å². The van der Waals surface area contributed by atoms with E-state index in [4.69, 9.17) is 4.74 Å². The molecular weight excluding hydrogens is 410 g/mol. The summed E-state index contributed by atoms with van der Waals surface area (Å²) in [5.41, 5.74) is 1.42. The fraction of sp³-hybridized carbons (Fsp3) is 0.750. The summed E-state index contributed by atoms with van der Waals surface area (Å²) >= 11 is 0. The number of likely N-dealkylation sites (tertiary alicyclic amines) is 1. The lowest BCUT2D eigenvalue weighted by Gasteiger charge is -2.38. The van der Waals surface area contributed by atoms with Crippen LogP contribution in [-0.4, -0.2) is 57.4 Å². The van der Waals surface area contributed by atoms with Crippen molar-refractivity contribution in [1.82, 2.24) is 15.5 Å². The summed E-state index contributed by atoms with van der Waals surface area (Å²) in [6, 6.07) is 11.3. The van der Waals surface area contributed by atoms with Crippen molar-refractivity contribution in [2.45, 2.75) is 82.6 Å². The van der Waals surface area contributed by atoms with E-state index in [-0.39, 0.29) is 12.1 Å². The molecule has 2 aliphatic rings. The van der Waals surface area contributed by atoms with Crippen LogP contribution >= 0.6 is 0 Å². The molecule has 186 valence electrons. The van der Waals surface area contributed by atoms with Gasteiger partial charge in [-0.2, -0.15) is 0 Å². The standard InChI is InChI=1S/C28H47N3O2/c1-29-21-26(20-23-12-5-3-6-13-23)30-28(32)31-18-11-16-25(22-31)27(17-9-10-19-33-2)24-14-7-4-8-15-24/h4,7-8,14-15,23,25-27,29H,3,5-6,9-13,16-22H2,1-2H3,(H,30,32)/t25-,26+,27+/m1/s1. The summed E-state index contributed by atoms with van der Waals surface area (Å²) in [6.07, 6.45) is 13.6. The maximum Gasteiger partial charge on any atom is 0.317 e. The van der Waals surface area contributed by atoms with Gasteiger partial charge >= 0.3 is 6.03 Å². The quantitative estimate of drug-likeness (QED) is 0.404. The Labute approximate surface area is 202 Å². The minimum Gasteiger partial charge on any atom is -0.385 e. The van der Waals surface area contributed by atoms with Crippen LogP contribution in [0.4, 0.5) is 4.79 Å². The number of nitrogens with one attached hydrogen (secondary N) is 2. The topological polar surface area (TPSA) is 53.6 Å². The molecule has 0 aromatic heterocycles. The first-order chi connectivity index (χ1) is 16.2. The second kappa shape index (κ2) is 14.6. The van der Waals surface area contributed by atoms with E-state index < -0.39 is 0 Å². The van der Waals surface area contributed by atoms with Gasteiger partial charge in [0, 0.05) is 39.4 Å². The van der Waals surface area contributed by atoms with E-state index in [1.54, 1.807) is 7.11 Å². The Hall–Kier alpha value is -1.59. The average Bonchev–Trinajstić information content (AvgIpc) is 2.85. The molecule has 1 aromatic rings. The zero-order valence-corrected chi connectivity index (χ0v) is 21.1. The molecule has 2 fully saturated rings. The Balaban J connectivity index is 1.59. The summed E-state index contributed by atoms with van der Waals surface area (Å²) in [5.74, 6) is 1.80. The van der Waals surface area contributed by atoms with Gasteiger partial charge in [-0.1, -0.05) is 68.9 Å². The minimum absolute atomic E-state index is 0.141. The van der Waals surface area contributed by atoms with Crippen LogP contribution in [0.15, 0.2) is 30.3 Å². The second-order valence-electron chi connectivity index (χ2n) is 10.3. The molecule has 2 N–H and O–H groups in total. The van der Waals surface area contributed by atoms with Crippen LogP contribution in [0.3, 0.4) is 0 Å². The highest BCUT2D eigenvalue weighted by molar-refractivity contribution is 5.74. The Morgan fingerprint density at radius 2 is 1.88 bits per heavy atom. The number of methoxy groups -OCH3 is 1. The third kappa shape index (κ3) is 8.60.